The predicted molar refractivity (Wildman–Crippen MR) is 83.1 cm³/mol. The van der Waals surface area contributed by atoms with E-state index in [2.05, 4.69) is 5.32 Å². The van der Waals surface area contributed by atoms with Gasteiger partial charge >= 0.3 is 0 Å². The number of nitrogens with one attached hydrogen (secondary N) is 1. The van der Waals surface area contributed by atoms with Gasteiger partial charge in [0, 0.05) is 25.6 Å². The van der Waals surface area contributed by atoms with E-state index in [4.69, 9.17) is 0 Å². The van der Waals surface area contributed by atoms with E-state index in [1.54, 1.807) is 4.90 Å². The van der Waals surface area contributed by atoms with Gasteiger partial charge in [0.25, 0.3) is 5.91 Å². The van der Waals surface area contributed by atoms with Gasteiger partial charge in [-0.25, -0.2) is 4.39 Å². The van der Waals surface area contributed by atoms with Crippen LogP contribution in [0.2, 0.25) is 0 Å². The molecule has 5 heteroatoms. The molecule has 0 spiro atoms. The van der Waals surface area contributed by atoms with E-state index in [9.17, 15) is 14.0 Å². The molecule has 0 aliphatic carbocycles. The van der Waals surface area contributed by atoms with E-state index < -0.39 is 11.6 Å². The standard InChI is InChI=1S/C17H23FN2O2/c1-17(2,18)16(22)19-14-10-11-20(12-14)15(21)9-8-13-6-4-3-5-7-13/h3-7,14H,8-12H2,1-2H3,(H,19,22)/t14-/m0/s1. The Balaban J connectivity index is 1.78. The number of nitrogens with zero attached hydrogens (tertiary/aromatic N) is 1. The highest BCUT2D eigenvalue weighted by Gasteiger charge is 2.32. The number of hydrogen-bond acceptors (Lipinski definition) is 2. The van der Waals surface area contributed by atoms with Crippen LogP contribution in [0.1, 0.15) is 32.3 Å². The lowest BCUT2D eigenvalue weighted by Crippen LogP contribution is -2.45. The number of halogens is 1. The van der Waals surface area contributed by atoms with Crippen LogP contribution < -0.4 is 5.32 Å². The average molecular weight is 306 g/mol. The third-order valence-electron chi connectivity index (χ3n) is 3.89. The molecule has 0 bridgehead atoms. The van der Waals surface area contributed by atoms with Crippen molar-refractivity contribution in [3.8, 4) is 0 Å². The summed E-state index contributed by atoms with van der Waals surface area (Å²) in [6.07, 6.45) is 1.85. The fourth-order valence-corrected chi connectivity index (χ4v) is 2.52. The largest absolute Gasteiger partial charge is 0.349 e. The van der Waals surface area contributed by atoms with Gasteiger partial charge < -0.3 is 10.2 Å². The molecule has 1 aromatic rings. The van der Waals surface area contributed by atoms with E-state index in [1.165, 1.54) is 13.8 Å². The molecule has 0 unspecified atom stereocenters. The van der Waals surface area contributed by atoms with Crippen molar-refractivity contribution in [1.29, 1.82) is 0 Å². The van der Waals surface area contributed by atoms with Crippen molar-refractivity contribution < 1.29 is 14.0 Å². The Bertz CT molecular complexity index is 525. The molecule has 1 fully saturated rings. The first kappa shape index (κ1) is 16.5. The smallest absolute Gasteiger partial charge is 0.257 e. The zero-order valence-corrected chi connectivity index (χ0v) is 13.1. The molecule has 1 heterocycles. The van der Waals surface area contributed by atoms with E-state index in [0.29, 0.717) is 32.4 Å². The van der Waals surface area contributed by atoms with Crippen molar-refractivity contribution in [2.45, 2.75) is 44.8 Å². The minimum atomic E-state index is -1.88. The molecule has 4 nitrogen and oxygen atoms in total. The van der Waals surface area contributed by atoms with E-state index in [1.807, 2.05) is 30.3 Å². The van der Waals surface area contributed by atoms with Crippen molar-refractivity contribution in [2.75, 3.05) is 13.1 Å². The van der Waals surface area contributed by atoms with Gasteiger partial charge in [-0.05, 0) is 32.3 Å². The molecule has 1 aliphatic rings. The first-order valence-corrected chi connectivity index (χ1v) is 7.68. The summed E-state index contributed by atoms with van der Waals surface area (Å²) in [5, 5.41) is 2.67. The second-order valence-corrected chi connectivity index (χ2v) is 6.26. The summed E-state index contributed by atoms with van der Waals surface area (Å²) in [5.74, 6) is -0.531. The fraction of sp³-hybridized carbons (Fsp3) is 0.529. The van der Waals surface area contributed by atoms with Crippen LogP contribution in [0.25, 0.3) is 0 Å². The van der Waals surface area contributed by atoms with Gasteiger partial charge in [0.15, 0.2) is 5.67 Å². The molecule has 1 N–H and O–H groups in total. The highest BCUT2D eigenvalue weighted by molar-refractivity contribution is 5.84. The summed E-state index contributed by atoms with van der Waals surface area (Å²) in [6, 6.07) is 9.72. The zero-order valence-electron chi connectivity index (χ0n) is 13.1. The minimum absolute atomic E-state index is 0.0834. The topological polar surface area (TPSA) is 49.4 Å². The summed E-state index contributed by atoms with van der Waals surface area (Å²) in [7, 11) is 0. The van der Waals surface area contributed by atoms with Crippen molar-refractivity contribution in [2.24, 2.45) is 0 Å². The highest BCUT2D eigenvalue weighted by Crippen LogP contribution is 2.15. The quantitative estimate of drug-likeness (QED) is 0.905. The van der Waals surface area contributed by atoms with Crippen LogP contribution in [0.3, 0.4) is 0 Å². The number of rotatable bonds is 5. The number of carbonyl (C=O) groups is 2. The molecule has 22 heavy (non-hydrogen) atoms. The van der Waals surface area contributed by atoms with Crippen LogP contribution in [0.15, 0.2) is 30.3 Å². The van der Waals surface area contributed by atoms with Gasteiger partial charge in [0.1, 0.15) is 0 Å². The number of hydrogen-bond donors (Lipinski definition) is 1. The maximum Gasteiger partial charge on any atom is 0.257 e. The highest BCUT2D eigenvalue weighted by atomic mass is 19.1. The number of carbonyl (C=O) groups excluding carboxylic acids is 2. The molecule has 0 radical (unpaired) electrons. The molecule has 0 saturated carbocycles. The second-order valence-electron chi connectivity index (χ2n) is 6.26. The van der Waals surface area contributed by atoms with Crippen molar-refractivity contribution in [3.05, 3.63) is 35.9 Å². The van der Waals surface area contributed by atoms with Gasteiger partial charge in [-0.2, -0.15) is 0 Å². The van der Waals surface area contributed by atoms with Crippen molar-refractivity contribution >= 4 is 11.8 Å². The van der Waals surface area contributed by atoms with Crippen molar-refractivity contribution in [1.82, 2.24) is 10.2 Å². The van der Waals surface area contributed by atoms with Crippen LogP contribution in [0, 0.1) is 0 Å². The maximum atomic E-state index is 13.5. The summed E-state index contributed by atoms with van der Waals surface area (Å²) < 4.78 is 13.5. The number of amides is 2. The lowest BCUT2D eigenvalue weighted by atomic mass is 10.1. The first-order chi connectivity index (χ1) is 10.4. The van der Waals surface area contributed by atoms with Crippen LogP contribution in [-0.2, 0) is 16.0 Å². The van der Waals surface area contributed by atoms with Gasteiger partial charge in [-0.3, -0.25) is 9.59 Å². The van der Waals surface area contributed by atoms with Crippen molar-refractivity contribution in [3.63, 3.8) is 0 Å². The normalized spacial score (nSPS) is 18.3. The number of aryl methyl sites for hydroxylation is 1. The number of benzene rings is 1. The molecule has 1 saturated heterocycles. The molecule has 1 atom stereocenters. The van der Waals surface area contributed by atoms with Crippen LogP contribution >= 0.6 is 0 Å². The third-order valence-corrected chi connectivity index (χ3v) is 3.89. The molecule has 1 aliphatic heterocycles. The lowest BCUT2D eigenvalue weighted by Gasteiger charge is -2.20. The molecule has 1 aromatic carbocycles. The maximum absolute atomic E-state index is 13.5. The van der Waals surface area contributed by atoms with E-state index in [-0.39, 0.29) is 11.9 Å². The molecular weight excluding hydrogens is 283 g/mol. The molecule has 0 aromatic heterocycles. The van der Waals surface area contributed by atoms with E-state index in [0.717, 1.165) is 5.56 Å². The summed E-state index contributed by atoms with van der Waals surface area (Å²) >= 11 is 0. The summed E-state index contributed by atoms with van der Waals surface area (Å²) in [6.45, 7) is 3.56. The Kier molecular flexibility index (Phi) is 5.16. The van der Waals surface area contributed by atoms with Gasteiger partial charge in [-0.1, -0.05) is 30.3 Å². The average Bonchev–Trinajstić information content (AvgIpc) is 2.93. The summed E-state index contributed by atoms with van der Waals surface area (Å²) in [5.41, 5.74) is -0.746. The van der Waals surface area contributed by atoms with E-state index >= 15 is 0 Å². The van der Waals surface area contributed by atoms with Gasteiger partial charge in [0.05, 0.1) is 0 Å². The van der Waals surface area contributed by atoms with Gasteiger partial charge in [-0.15, -0.1) is 0 Å². The molecule has 120 valence electrons. The van der Waals surface area contributed by atoms with Crippen LogP contribution in [0.4, 0.5) is 4.39 Å². The lowest BCUT2D eigenvalue weighted by molar-refractivity contribution is -0.132. The Morgan fingerprint density at radius 2 is 2.00 bits per heavy atom. The van der Waals surface area contributed by atoms with Crippen LogP contribution in [0.5, 0.6) is 0 Å². The first-order valence-electron chi connectivity index (χ1n) is 7.68. The third kappa shape index (κ3) is 4.55. The Morgan fingerprint density at radius 3 is 2.64 bits per heavy atom. The second kappa shape index (κ2) is 6.90. The zero-order chi connectivity index (χ0) is 16.2. The van der Waals surface area contributed by atoms with Gasteiger partial charge in [0.2, 0.25) is 5.91 Å². The Morgan fingerprint density at radius 1 is 1.32 bits per heavy atom. The minimum Gasteiger partial charge on any atom is -0.349 e. The molecule has 2 amide bonds. The monoisotopic (exact) mass is 306 g/mol. The Labute approximate surface area is 130 Å². The summed E-state index contributed by atoms with van der Waals surface area (Å²) in [4.78, 5) is 25.6. The predicted octanol–water partition coefficient (Wildman–Crippen LogP) is 2.08. The van der Waals surface area contributed by atoms with Crippen LogP contribution in [-0.4, -0.2) is 41.5 Å². The SMILES string of the molecule is CC(C)(F)C(=O)N[C@H]1CCN(C(=O)CCc2ccccc2)C1. The fourth-order valence-electron chi connectivity index (χ4n) is 2.52. The number of alkyl halides is 1. The number of likely N-dealkylation sites (tertiary alicyclic amines) is 1. The Hall–Kier alpha value is -1.91. The molecule has 2 rings (SSSR count). The molecular formula is C17H23FN2O2.